The number of hydrogen-bond donors (Lipinski definition) is 3. The van der Waals surface area contributed by atoms with Gasteiger partial charge in [0.2, 0.25) is 10.0 Å². The van der Waals surface area contributed by atoms with E-state index in [1.165, 1.54) is 24.3 Å². The summed E-state index contributed by atoms with van der Waals surface area (Å²) in [6.07, 6.45) is 3.40. The standard InChI is InChI=1S/C16H29N5O2S2/c1-3-10-21-11-6-14(7-12-21)20-16(17-2)18-8-9-19-25(22,23)15-5-4-13-24-15/h4-5,13-14,19H,3,6-12H2,1-2H3,(H2,17,18,20). The van der Waals surface area contributed by atoms with Crippen molar-refractivity contribution in [3.8, 4) is 0 Å². The number of hydrogen-bond acceptors (Lipinski definition) is 5. The number of nitrogens with one attached hydrogen (secondary N) is 3. The summed E-state index contributed by atoms with van der Waals surface area (Å²) in [6.45, 7) is 6.41. The molecule has 0 saturated carbocycles. The maximum atomic E-state index is 12.0. The highest BCUT2D eigenvalue weighted by molar-refractivity contribution is 7.91. The number of nitrogens with zero attached hydrogens (tertiary/aromatic N) is 2. The Balaban J connectivity index is 1.67. The highest BCUT2D eigenvalue weighted by Crippen LogP contribution is 2.14. The first-order valence-corrected chi connectivity index (χ1v) is 11.1. The molecule has 2 rings (SSSR count). The molecular weight excluding hydrogens is 358 g/mol. The first-order chi connectivity index (χ1) is 12.0. The maximum absolute atomic E-state index is 12.0. The molecule has 1 fully saturated rings. The summed E-state index contributed by atoms with van der Waals surface area (Å²) in [4.78, 5) is 6.72. The smallest absolute Gasteiger partial charge is 0.250 e. The highest BCUT2D eigenvalue weighted by atomic mass is 32.2. The summed E-state index contributed by atoms with van der Waals surface area (Å²) in [5, 5.41) is 8.36. The van der Waals surface area contributed by atoms with Crippen LogP contribution in [0.25, 0.3) is 0 Å². The average Bonchev–Trinajstić information content (AvgIpc) is 3.15. The fraction of sp³-hybridized carbons (Fsp3) is 0.688. The SMILES string of the molecule is CCCN1CCC(NC(=NC)NCCNS(=O)(=O)c2cccs2)CC1. The minimum Gasteiger partial charge on any atom is -0.355 e. The van der Waals surface area contributed by atoms with Gasteiger partial charge in [-0.1, -0.05) is 13.0 Å². The summed E-state index contributed by atoms with van der Waals surface area (Å²) in [5.74, 6) is 0.726. The third-order valence-electron chi connectivity index (χ3n) is 4.16. The van der Waals surface area contributed by atoms with Crippen molar-refractivity contribution >= 4 is 27.3 Å². The van der Waals surface area contributed by atoms with Crippen molar-refractivity contribution in [2.24, 2.45) is 4.99 Å². The van der Waals surface area contributed by atoms with Gasteiger partial charge in [0.1, 0.15) is 4.21 Å². The number of guanidine groups is 1. The van der Waals surface area contributed by atoms with E-state index in [-0.39, 0.29) is 0 Å². The molecule has 1 aliphatic rings. The monoisotopic (exact) mass is 387 g/mol. The molecule has 1 aliphatic heterocycles. The number of aliphatic imine (C=N–C) groups is 1. The molecule has 0 amide bonds. The van der Waals surface area contributed by atoms with Crippen LogP contribution in [-0.4, -0.2) is 65.1 Å². The Kier molecular flexibility index (Phi) is 8.14. The van der Waals surface area contributed by atoms with Gasteiger partial charge in [0, 0.05) is 39.3 Å². The molecule has 25 heavy (non-hydrogen) atoms. The molecule has 0 aromatic carbocycles. The number of sulfonamides is 1. The van der Waals surface area contributed by atoms with E-state index < -0.39 is 10.0 Å². The van der Waals surface area contributed by atoms with Gasteiger partial charge in [-0.2, -0.15) is 0 Å². The summed E-state index contributed by atoms with van der Waals surface area (Å²) >= 11 is 1.21. The van der Waals surface area contributed by atoms with E-state index in [0.29, 0.717) is 23.3 Å². The Bertz CT molecular complexity index is 623. The zero-order chi connectivity index (χ0) is 18.1. The van der Waals surface area contributed by atoms with Crippen molar-refractivity contribution in [1.82, 2.24) is 20.3 Å². The highest BCUT2D eigenvalue weighted by Gasteiger charge is 2.19. The lowest BCUT2D eigenvalue weighted by Crippen LogP contribution is -2.49. The molecule has 142 valence electrons. The van der Waals surface area contributed by atoms with Crippen molar-refractivity contribution in [2.75, 3.05) is 39.8 Å². The number of thiophene rings is 1. The number of rotatable bonds is 8. The molecular formula is C16H29N5O2S2. The molecule has 0 radical (unpaired) electrons. The van der Waals surface area contributed by atoms with Crippen LogP contribution in [0.5, 0.6) is 0 Å². The first kappa shape index (κ1) is 20.2. The summed E-state index contributed by atoms with van der Waals surface area (Å²) in [7, 11) is -1.66. The fourth-order valence-corrected chi connectivity index (χ4v) is 4.93. The van der Waals surface area contributed by atoms with Gasteiger partial charge in [0.15, 0.2) is 5.96 Å². The Morgan fingerprint density at radius 1 is 1.36 bits per heavy atom. The van der Waals surface area contributed by atoms with Crippen LogP contribution >= 0.6 is 11.3 Å². The first-order valence-electron chi connectivity index (χ1n) is 8.78. The molecule has 0 atom stereocenters. The van der Waals surface area contributed by atoms with Crippen molar-refractivity contribution < 1.29 is 8.42 Å². The van der Waals surface area contributed by atoms with E-state index in [1.807, 2.05) is 0 Å². The number of piperidine rings is 1. The van der Waals surface area contributed by atoms with Gasteiger partial charge >= 0.3 is 0 Å². The van der Waals surface area contributed by atoms with Crippen molar-refractivity contribution in [2.45, 2.75) is 36.4 Å². The van der Waals surface area contributed by atoms with Crippen LogP contribution in [0.15, 0.2) is 26.7 Å². The van der Waals surface area contributed by atoms with Crippen molar-refractivity contribution in [3.05, 3.63) is 17.5 Å². The Labute approximate surface area is 155 Å². The topological polar surface area (TPSA) is 85.8 Å². The maximum Gasteiger partial charge on any atom is 0.250 e. The predicted molar refractivity (Wildman–Crippen MR) is 104 cm³/mol. The van der Waals surface area contributed by atoms with Crippen LogP contribution in [0.1, 0.15) is 26.2 Å². The van der Waals surface area contributed by atoms with E-state index >= 15 is 0 Å². The zero-order valence-electron chi connectivity index (χ0n) is 15.0. The van der Waals surface area contributed by atoms with Gasteiger partial charge in [-0.25, -0.2) is 13.1 Å². The van der Waals surface area contributed by atoms with Gasteiger partial charge in [0.05, 0.1) is 0 Å². The molecule has 1 saturated heterocycles. The van der Waals surface area contributed by atoms with Crippen molar-refractivity contribution in [1.29, 1.82) is 0 Å². The van der Waals surface area contributed by atoms with Gasteiger partial charge in [-0.3, -0.25) is 4.99 Å². The van der Waals surface area contributed by atoms with E-state index in [9.17, 15) is 8.42 Å². The summed E-state index contributed by atoms with van der Waals surface area (Å²) in [6, 6.07) is 3.75. The van der Waals surface area contributed by atoms with Gasteiger partial charge in [-0.15, -0.1) is 11.3 Å². The van der Waals surface area contributed by atoms with E-state index in [1.54, 1.807) is 24.6 Å². The molecule has 9 heteroatoms. The Morgan fingerprint density at radius 2 is 2.12 bits per heavy atom. The van der Waals surface area contributed by atoms with Crippen LogP contribution in [0, 0.1) is 0 Å². The lowest BCUT2D eigenvalue weighted by molar-refractivity contribution is 0.206. The fourth-order valence-electron chi connectivity index (χ4n) is 2.86. The molecule has 7 nitrogen and oxygen atoms in total. The normalized spacial score (nSPS) is 17.6. The van der Waals surface area contributed by atoms with Crippen LogP contribution in [-0.2, 0) is 10.0 Å². The minimum absolute atomic E-state index is 0.315. The van der Waals surface area contributed by atoms with Crippen LogP contribution in [0.4, 0.5) is 0 Å². The zero-order valence-corrected chi connectivity index (χ0v) is 16.6. The third kappa shape index (κ3) is 6.58. The molecule has 1 aromatic rings. The molecule has 3 N–H and O–H groups in total. The van der Waals surface area contributed by atoms with E-state index in [2.05, 4.69) is 32.2 Å². The molecule has 0 unspecified atom stereocenters. The van der Waals surface area contributed by atoms with Gasteiger partial charge < -0.3 is 15.5 Å². The molecule has 2 heterocycles. The minimum atomic E-state index is -3.40. The largest absolute Gasteiger partial charge is 0.355 e. The van der Waals surface area contributed by atoms with E-state index in [4.69, 9.17) is 0 Å². The lowest BCUT2D eigenvalue weighted by Gasteiger charge is -2.32. The average molecular weight is 388 g/mol. The third-order valence-corrected chi connectivity index (χ3v) is 7.02. The van der Waals surface area contributed by atoms with Crippen molar-refractivity contribution in [3.63, 3.8) is 0 Å². The molecule has 1 aromatic heterocycles. The number of likely N-dealkylation sites (tertiary alicyclic amines) is 1. The summed E-state index contributed by atoms with van der Waals surface area (Å²) in [5.41, 5.74) is 0. The molecule has 0 bridgehead atoms. The van der Waals surface area contributed by atoms with Gasteiger partial charge in [-0.05, 0) is 37.3 Å². The van der Waals surface area contributed by atoms with E-state index in [0.717, 1.165) is 31.9 Å². The lowest BCUT2D eigenvalue weighted by atomic mass is 10.1. The van der Waals surface area contributed by atoms with Crippen LogP contribution in [0.2, 0.25) is 0 Å². The second kappa shape index (κ2) is 10.1. The van der Waals surface area contributed by atoms with Crippen LogP contribution < -0.4 is 15.4 Å². The molecule has 0 aliphatic carbocycles. The summed E-state index contributed by atoms with van der Waals surface area (Å²) < 4.78 is 27.0. The Hall–Kier alpha value is -1.16. The second-order valence-corrected chi connectivity index (χ2v) is 9.03. The quantitative estimate of drug-likeness (QED) is 0.353. The predicted octanol–water partition coefficient (Wildman–Crippen LogP) is 1.07. The van der Waals surface area contributed by atoms with Crippen LogP contribution in [0.3, 0.4) is 0 Å². The molecule has 0 spiro atoms. The second-order valence-electron chi connectivity index (χ2n) is 6.09. The van der Waals surface area contributed by atoms with Gasteiger partial charge in [0.25, 0.3) is 0 Å². The Morgan fingerprint density at radius 3 is 2.72 bits per heavy atom.